The van der Waals surface area contributed by atoms with Crippen molar-refractivity contribution in [2.24, 2.45) is 5.84 Å². The third-order valence-corrected chi connectivity index (χ3v) is 2.13. The van der Waals surface area contributed by atoms with Gasteiger partial charge in [0.2, 0.25) is 0 Å². The molecular formula is C6H14N2O. The maximum atomic E-state index is 9.51. The Morgan fingerprint density at radius 3 is 2.67 bits per heavy atom. The van der Waals surface area contributed by atoms with Crippen LogP contribution in [0.1, 0.15) is 26.2 Å². The van der Waals surface area contributed by atoms with Crippen LogP contribution in [0.4, 0.5) is 0 Å². The van der Waals surface area contributed by atoms with Crippen LogP contribution in [0.3, 0.4) is 0 Å². The molecule has 9 heavy (non-hydrogen) atoms. The van der Waals surface area contributed by atoms with Crippen molar-refractivity contribution in [3.05, 3.63) is 0 Å². The van der Waals surface area contributed by atoms with Crippen LogP contribution in [0.25, 0.3) is 0 Å². The fourth-order valence-corrected chi connectivity index (χ4v) is 1.41. The first-order valence-electron chi connectivity index (χ1n) is 3.35. The Morgan fingerprint density at radius 1 is 1.78 bits per heavy atom. The minimum atomic E-state index is -0.575. The van der Waals surface area contributed by atoms with Crippen LogP contribution in [0.2, 0.25) is 0 Å². The summed E-state index contributed by atoms with van der Waals surface area (Å²) >= 11 is 0. The highest BCUT2D eigenvalue weighted by atomic mass is 16.3. The number of nitrogens with two attached hydrogens (primary N) is 1. The lowest BCUT2D eigenvalue weighted by Gasteiger charge is -2.24. The highest BCUT2D eigenvalue weighted by molar-refractivity contribution is 4.92. The largest absolute Gasteiger partial charge is 0.389 e. The Labute approximate surface area is 55.2 Å². The van der Waals surface area contributed by atoms with Gasteiger partial charge in [0.05, 0.1) is 5.60 Å². The molecule has 1 rings (SSSR count). The van der Waals surface area contributed by atoms with Crippen molar-refractivity contribution in [1.29, 1.82) is 0 Å². The van der Waals surface area contributed by atoms with Crippen molar-refractivity contribution in [2.45, 2.75) is 37.8 Å². The predicted molar refractivity (Wildman–Crippen MR) is 35.6 cm³/mol. The highest BCUT2D eigenvalue weighted by Crippen LogP contribution is 2.28. The predicted octanol–water partition coefficient (Wildman–Crippen LogP) is -0.247. The van der Waals surface area contributed by atoms with E-state index in [-0.39, 0.29) is 6.04 Å². The van der Waals surface area contributed by atoms with Gasteiger partial charge in [-0.1, -0.05) is 0 Å². The van der Waals surface area contributed by atoms with E-state index in [2.05, 4.69) is 5.43 Å². The van der Waals surface area contributed by atoms with E-state index in [9.17, 15) is 5.11 Å². The first-order chi connectivity index (χ1) is 4.17. The molecule has 3 nitrogen and oxygen atoms in total. The van der Waals surface area contributed by atoms with E-state index in [4.69, 9.17) is 5.84 Å². The summed E-state index contributed by atoms with van der Waals surface area (Å²) in [4.78, 5) is 0. The normalized spacial score (nSPS) is 43.7. The molecule has 0 aromatic carbocycles. The van der Waals surface area contributed by atoms with Gasteiger partial charge in [0.1, 0.15) is 0 Å². The summed E-state index contributed by atoms with van der Waals surface area (Å²) in [5.74, 6) is 5.20. The van der Waals surface area contributed by atoms with Gasteiger partial charge in [-0.25, -0.2) is 0 Å². The first-order valence-corrected chi connectivity index (χ1v) is 3.35. The molecule has 1 aliphatic carbocycles. The number of aliphatic hydroxyl groups is 1. The number of hydrogen-bond donors (Lipinski definition) is 3. The Bertz CT molecular complexity index is 103. The van der Waals surface area contributed by atoms with Crippen LogP contribution < -0.4 is 11.3 Å². The summed E-state index contributed by atoms with van der Waals surface area (Å²) in [6.07, 6.45) is 2.92. The van der Waals surface area contributed by atoms with Gasteiger partial charge < -0.3 is 5.11 Å². The van der Waals surface area contributed by atoms with Crippen molar-refractivity contribution in [3.8, 4) is 0 Å². The molecule has 0 amide bonds. The summed E-state index contributed by atoms with van der Waals surface area (Å²) in [7, 11) is 0. The molecule has 3 heteroatoms. The van der Waals surface area contributed by atoms with Crippen molar-refractivity contribution < 1.29 is 5.11 Å². The van der Waals surface area contributed by atoms with Crippen LogP contribution in [0.5, 0.6) is 0 Å². The van der Waals surface area contributed by atoms with Crippen molar-refractivity contribution >= 4 is 0 Å². The summed E-state index contributed by atoms with van der Waals surface area (Å²) in [5, 5.41) is 9.51. The lowest BCUT2D eigenvalue weighted by atomic mass is 10.0. The molecule has 0 aromatic heterocycles. The fraction of sp³-hybridized carbons (Fsp3) is 1.00. The lowest BCUT2D eigenvalue weighted by Crippen LogP contribution is -2.47. The maximum absolute atomic E-state index is 9.51. The van der Waals surface area contributed by atoms with Crippen LogP contribution >= 0.6 is 0 Å². The highest BCUT2D eigenvalue weighted by Gasteiger charge is 2.35. The summed E-state index contributed by atoms with van der Waals surface area (Å²) in [6.45, 7) is 1.82. The molecule has 1 fully saturated rings. The zero-order valence-electron chi connectivity index (χ0n) is 5.72. The SMILES string of the molecule is CC1(O)CCCC1NN. The smallest absolute Gasteiger partial charge is 0.0785 e. The average Bonchev–Trinajstić information content (AvgIpc) is 2.08. The Kier molecular flexibility index (Phi) is 1.75. The van der Waals surface area contributed by atoms with E-state index in [1.54, 1.807) is 0 Å². The molecule has 0 radical (unpaired) electrons. The van der Waals surface area contributed by atoms with Gasteiger partial charge in [0.15, 0.2) is 0 Å². The quantitative estimate of drug-likeness (QED) is 0.339. The lowest BCUT2D eigenvalue weighted by molar-refractivity contribution is 0.0395. The molecule has 54 valence electrons. The second-order valence-electron chi connectivity index (χ2n) is 2.97. The van der Waals surface area contributed by atoms with E-state index in [0.29, 0.717) is 0 Å². The summed E-state index contributed by atoms with van der Waals surface area (Å²) in [6, 6.07) is 0.0949. The minimum absolute atomic E-state index is 0.0949. The number of nitrogens with one attached hydrogen (secondary N) is 1. The van der Waals surface area contributed by atoms with Gasteiger partial charge in [-0.15, -0.1) is 0 Å². The Morgan fingerprint density at radius 2 is 2.44 bits per heavy atom. The van der Waals surface area contributed by atoms with Crippen LogP contribution in [0, 0.1) is 0 Å². The second kappa shape index (κ2) is 2.25. The zero-order chi connectivity index (χ0) is 6.91. The molecule has 0 saturated heterocycles. The fourth-order valence-electron chi connectivity index (χ4n) is 1.41. The molecule has 0 bridgehead atoms. The summed E-state index contributed by atoms with van der Waals surface area (Å²) in [5.41, 5.74) is 2.03. The van der Waals surface area contributed by atoms with E-state index in [0.717, 1.165) is 19.3 Å². The van der Waals surface area contributed by atoms with Gasteiger partial charge in [-0.2, -0.15) is 0 Å². The number of rotatable bonds is 1. The van der Waals surface area contributed by atoms with Gasteiger partial charge in [-0.3, -0.25) is 11.3 Å². The zero-order valence-corrected chi connectivity index (χ0v) is 5.72. The van der Waals surface area contributed by atoms with Crippen molar-refractivity contribution in [3.63, 3.8) is 0 Å². The molecule has 2 atom stereocenters. The maximum Gasteiger partial charge on any atom is 0.0785 e. The third-order valence-electron chi connectivity index (χ3n) is 2.13. The number of hydrogen-bond acceptors (Lipinski definition) is 3. The van der Waals surface area contributed by atoms with E-state index < -0.39 is 5.60 Å². The molecule has 0 aliphatic heterocycles. The van der Waals surface area contributed by atoms with Gasteiger partial charge in [-0.05, 0) is 26.2 Å². The first kappa shape index (κ1) is 6.99. The van der Waals surface area contributed by atoms with E-state index in [1.165, 1.54) is 0 Å². The molecular weight excluding hydrogens is 116 g/mol. The standard InChI is InChI=1S/C6H14N2O/c1-6(9)4-2-3-5(6)8-7/h5,8-9H,2-4,7H2,1H3. The van der Waals surface area contributed by atoms with Gasteiger partial charge in [0.25, 0.3) is 0 Å². The molecule has 1 aliphatic rings. The molecule has 0 heterocycles. The number of hydrazine groups is 1. The second-order valence-corrected chi connectivity index (χ2v) is 2.97. The minimum Gasteiger partial charge on any atom is -0.389 e. The van der Waals surface area contributed by atoms with Crippen molar-refractivity contribution in [1.82, 2.24) is 5.43 Å². The molecule has 4 N–H and O–H groups in total. The molecule has 1 saturated carbocycles. The van der Waals surface area contributed by atoms with Crippen molar-refractivity contribution in [2.75, 3.05) is 0 Å². The van der Waals surface area contributed by atoms with Gasteiger partial charge in [0, 0.05) is 6.04 Å². The topological polar surface area (TPSA) is 58.3 Å². The van der Waals surface area contributed by atoms with Crippen LogP contribution in [0.15, 0.2) is 0 Å². The Balaban J connectivity index is 2.52. The van der Waals surface area contributed by atoms with Crippen LogP contribution in [-0.4, -0.2) is 16.7 Å². The molecule has 2 unspecified atom stereocenters. The average molecular weight is 130 g/mol. The van der Waals surface area contributed by atoms with Crippen LogP contribution in [-0.2, 0) is 0 Å². The summed E-state index contributed by atoms with van der Waals surface area (Å²) < 4.78 is 0. The molecule has 0 aromatic rings. The van der Waals surface area contributed by atoms with E-state index in [1.807, 2.05) is 6.92 Å². The Hall–Kier alpha value is -0.120. The monoisotopic (exact) mass is 130 g/mol. The van der Waals surface area contributed by atoms with Gasteiger partial charge >= 0.3 is 0 Å². The third kappa shape index (κ3) is 1.23. The molecule has 0 spiro atoms. The van der Waals surface area contributed by atoms with E-state index >= 15 is 0 Å².